The molecule has 0 aromatic heterocycles. The van der Waals surface area contributed by atoms with Crippen molar-refractivity contribution in [2.45, 2.75) is 33.1 Å². The first-order valence-electron chi connectivity index (χ1n) is 5.74. The molecule has 86 valence electrons. The highest BCUT2D eigenvalue weighted by Gasteiger charge is 2.17. The Kier molecular flexibility index (Phi) is 4.82. The third-order valence-corrected chi connectivity index (χ3v) is 3.13. The number of rotatable bonds is 4. The van der Waals surface area contributed by atoms with Crippen molar-refractivity contribution in [1.82, 2.24) is 4.90 Å². The maximum Gasteiger partial charge on any atom is 0.328 e. The fourth-order valence-electron chi connectivity index (χ4n) is 2.16. The molecule has 15 heavy (non-hydrogen) atoms. The normalized spacial score (nSPS) is 20.5. The van der Waals surface area contributed by atoms with Crippen LogP contribution in [0.15, 0.2) is 11.6 Å². The summed E-state index contributed by atoms with van der Waals surface area (Å²) in [5.41, 5.74) is 0.942. The molecule has 0 aromatic carbocycles. The molecule has 0 spiro atoms. The van der Waals surface area contributed by atoms with E-state index in [1.54, 1.807) is 0 Å². The highest BCUT2D eigenvalue weighted by molar-refractivity contribution is 5.80. The van der Waals surface area contributed by atoms with Crippen LogP contribution in [0.3, 0.4) is 0 Å². The van der Waals surface area contributed by atoms with Gasteiger partial charge in [-0.15, -0.1) is 0 Å². The Morgan fingerprint density at radius 3 is 2.53 bits per heavy atom. The monoisotopic (exact) mass is 211 g/mol. The predicted molar refractivity (Wildman–Crippen MR) is 60.8 cm³/mol. The Morgan fingerprint density at radius 1 is 1.47 bits per heavy atom. The summed E-state index contributed by atoms with van der Waals surface area (Å²) in [7, 11) is 0. The molecular formula is C12H21NO2. The summed E-state index contributed by atoms with van der Waals surface area (Å²) >= 11 is 0. The van der Waals surface area contributed by atoms with E-state index in [2.05, 4.69) is 11.8 Å². The van der Waals surface area contributed by atoms with Crippen LogP contribution in [0.1, 0.15) is 33.1 Å². The number of hydrogen-bond acceptors (Lipinski definition) is 2. The van der Waals surface area contributed by atoms with Gasteiger partial charge in [0.1, 0.15) is 0 Å². The Hall–Kier alpha value is -0.830. The standard InChI is InChI=1S/C12H21NO2/c1-3-11-4-6-13(7-5-11)9-10(2)8-12(14)15/h8,11H,3-7,9H2,1-2H3,(H,14,15). The Bertz CT molecular complexity index is 240. The van der Waals surface area contributed by atoms with Gasteiger partial charge in [-0.2, -0.15) is 0 Å². The van der Waals surface area contributed by atoms with Gasteiger partial charge in [-0.05, 0) is 38.8 Å². The first-order valence-corrected chi connectivity index (χ1v) is 5.74. The third-order valence-electron chi connectivity index (χ3n) is 3.13. The number of piperidine rings is 1. The molecule has 0 unspecified atom stereocenters. The van der Waals surface area contributed by atoms with E-state index in [-0.39, 0.29) is 0 Å². The third kappa shape index (κ3) is 4.47. The summed E-state index contributed by atoms with van der Waals surface area (Å²) in [6.45, 7) is 7.17. The van der Waals surface area contributed by atoms with Gasteiger partial charge in [0.2, 0.25) is 0 Å². The Labute approximate surface area is 91.8 Å². The van der Waals surface area contributed by atoms with Crippen LogP contribution in [0.2, 0.25) is 0 Å². The summed E-state index contributed by atoms with van der Waals surface area (Å²) in [5.74, 6) is 0.0425. The number of hydrogen-bond donors (Lipinski definition) is 1. The topological polar surface area (TPSA) is 40.5 Å². The minimum Gasteiger partial charge on any atom is -0.478 e. The maximum absolute atomic E-state index is 10.5. The summed E-state index contributed by atoms with van der Waals surface area (Å²) in [6.07, 6.45) is 5.11. The van der Waals surface area contributed by atoms with Gasteiger partial charge in [-0.3, -0.25) is 4.90 Å². The molecule has 0 atom stereocenters. The molecule has 0 saturated carbocycles. The quantitative estimate of drug-likeness (QED) is 0.724. The predicted octanol–water partition coefficient (Wildman–Crippen LogP) is 2.14. The molecule has 1 aliphatic heterocycles. The van der Waals surface area contributed by atoms with E-state index in [4.69, 9.17) is 5.11 Å². The van der Waals surface area contributed by atoms with E-state index in [0.29, 0.717) is 0 Å². The van der Waals surface area contributed by atoms with Gasteiger partial charge in [-0.25, -0.2) is 4.79 Å². The largest absolute Gasteiger partial charge is 0.478 e. The molecule has 1 rings (SSSR count). The van der Waals surface area contributed by atoms with Gasteiger partial charge in [0, 0.05) is 12.6 Å². The lowest BCUT2D eigenvalue weighted by molar-refractivity contribution is -0.131. The smallest absolute Gasteiger partial charge is 0.328 e. The number of carboxylic acid groups (broad SMARTS) is 1. The fourth-order valence-corrected chi connectivity index (χ4v) is 2.16. The van der Waals surface area contributed by atoms with E-state index in [0.717, 1.165) is 31.1 Å². The van der Waals surface area contributed by atoms with E-state index < -0.39 is 5.97 Å². The molecule has 0 amide bonds. The average molecular weight is 211 g/mol. The highest BCUT2D eigenvalue weighted by atomic mass is 16.4. The van der Waals surface area contributed by atoms with E-state index in [1.807, 2.05) is 6.92 Å². The second-order valence-corrected chi connectivity index (χ2v) is 4.46. The number of carboxylic acids is 1. The molecule has 0 radical (unpaired) electrons. The molecule has 1 fully saturated rings. The number of likely N-dealkylation sites (tertiary alicyclic amines) is 1. The van der Waals surface area contributed by atoms with Crippen LogP contribution in [-0.2, 0) is 4.79 Å². The van der Waals surface area contributed by atoms with Crippen molar-refractivity contribution in [1.29, 1.82) is 0 Å². The minimum atomic E-state index is -0.837. The Morgan fingerprint density at radius 2 is 2.07 bits per heavy atom. The molecule has 1 saturated heterocycles. The zero-order valence-electron chi connectivity index (χ0n) is 9.70. The number of aliphatic carboxylic acids is 1. The summed E-state index contributed by atoms with van der Waals surface area (Å²) < 4.78 is 0. The van der Waals surface area contributed by atoms with Crippen molar-refractivity contribution >= 4 is 5.97 Å². The van der Waals surface area contributed by atoms with Crippen LogP contribution < -0.4 is 0 Å². The second kappa shape index (κ2) is 5.91. The molecule has 0 aromatic rings. The number of nitrogens with zero attached hydrogens (tertiary/aromatic N) is 1. The van der Waals surface area contributed by atoms with Crippen LogP contribution in [0, 0.1) is 5.92 Å². The zero-order valence-corrected chi connectivity index (χ0v) is 9.70. The summed E-state index contributed by atoms with van der Waals surface area (Å²) in [4.78, 5) is 12.8. The molecule has 0 bridgehead atoms. The van der Waals surface area contributed by atoms with Gasteiger partial charge < -0.3 is 5.11 Å². The molecule has 0 aliphatic carbocycles. The van der Waals surface area contributed by atoms with Crippen molar-refractivity contribution in [3.05, 3.63) is 11.6 Å². The lowest BCUT2D eigenvalue weighted by Crippen LogP contribution is -2.34. The van der Waals surface area contributed by atoms with Gasteiger partial charge in [0.05, 0.1) is 0 Å². The van der Waals surface area contributed by atoms with Crippen molar-refractivity contribution < 1.29 is 9.90 Å². The first kappa shape index (κ1) is 12.2. The van der Waals surface area contributed by atoms with Crippen molar-refractivity contribution in [2.75, 3.05) is 19.6 Å². The van der Waals surface area contributed by atoms with E-state index in [9.17, 15) is 4.79 Å². The molecule has 3 heteroatoms. The van der Waals surface area contributed by atoms with Crippen LogP contribution in [-0.4, -0.2) is 35.6 Å². The molecule has 1 heterocycles. The van der Waals surface area contributed by atoms with E-state index >= 15 is 0 Å². The van der Waals surface area contributed by atoms with Crippen molar-refractivity contribution in [2.24, 2.45) is 5.92 Å². The average Bonchev–Trinajstić information content (AvgIpc) is 2.17. The van der Waals surface area contributed by atoms with Gasteiger partial charge >= 0.3 is 5.97 Å². The first-order chi connectivity index (χ1) is 7.11. The number of carbonyl (C=O) groups is 1. The van der Waals surface area contributed by atoms with Gasteiger partial charge in [0.25, 0.3) is 0 Å². The van der Waals surface area contributed by atoms with Crippen LogP contribution in [0.25, 0.3) is 0 Å². The maximum atomic E-state index is 10.5. The lowest BCUT2D eigenvalue weighted by atomic mass is 9.94. The molecule has 1 aliphatic rings. The zero-order chi connectivity index (χ0) is 11.3. The van der Waals surface area contributed by atoms with E-state index in [1.165, 1.54) is 25.3 Å². The van der Waals surface area contributed by atoms with Crippen molar-refractivity contribution in [3.8, 4) is 0 Å². The SMILES string of the molecule is CCC1CCN(CC(C)=CC(=O)O)CC1. The molecular weight excluding hydrogens is 190 g/mol. The summed E-state index contributed by atoms with van der Waals surface area (Å²) in [5, 5.41) is 8.60. The van der Waals surface area contributed by atoms with Crippen molar-refractivity contribution in [3.63, 3.8) is 0 Å². The Balaban J connectivity index is 2.32. The van der Waals surface area contributed by atoms with Gasteiger partial charge in [-0.1, -0.05) is 18.9 Å². The molecule has 3 nitrogen and oxygen atoms in total. The second-order valence-electron chi connectivity index (χ2n) is 4.46. The van der Waals surface area contributed by atoms with Crippen LogP contribution in [0.5, 0.6) is 0 Å². The minimum absolute atomic E-state index is 0.808. The van der Waals surface area contributed by atoms with Crippen LogP contribution in [0.4, 0.5) is 0 Å². The van der Waals surface area contributed by atoms with Crippen LogP contribution >= 0.6 is 0 Å². The summed E-state index contributed by atoms with van der Waals surface area (Å²) in [6, 6.07) is 0. The van der Waals surface area contributed by atoms with Gasteiger partial charge in [0.15, 0.2) is 0 Å². The fraction of sp³-hybridized carbons (Fsp3) is 0.750. The lowest BCUT2D eigenvalue weighted by Gasteiger charge is -2.31. The molecule has 1 N–H and O–H groups in total. The highest BCUT2D eigenvalue weighted by Crippen LogP contribution is 2.20.